The van der Waals surface area contributed by atoms with Gasteiger partial charge in [-0.2, -0.15) is 0 Å². The van der Waals surface area contributed by atoms with Crippen molar-refractivity contribution < 1.29 is 14.3 Å². The molecule has 0 aliphatic carbocycles. The van der Waals surface area contributed by atoms with Gasteiger partial charge >= 0.3 is 0 Å². The molecular formula is C24H29N3O3. The Hall–Kier alpha value is -2.86. The number of piperidine rings is 1. The molecule has 1 fully saturated rings. The van der Waals surface area contributed by atoms with Gasteiger partial charge in [-0.05, 0) is 73.8 Å². The molecule has 30 heavy (non-hydrogen) atoms. The number of fused-ring (bicyclic) bond motifs is 1. The number of nitrogens with zero attached hydrogens (tertiary/aromatic N) is 1. The third-order valence-corrected chi connectivity index (χ3v) is 6.05. The zero-order chi connectivity index (χ0) is 20.9. The van der Waals surface area contributed by atoms with E-state index in [0.29, 0.717) is 24.9 Å². The van der Waals surface area contributed by atoms with E-state index in [9.17, 15) is 9.59 Å². The lowest BCUT2D eigenvalue weighted by Gasteiger charge is -2.35. The summed E-state index contributed by atoms with van der Waals surface area (Å²) in [5.74, 6) is 0.787. The van der Waals surface area contributed by atoms with Gasteiger partial charge in [-0.25, -0.2) is 0 Å². The maximum absolute atomic E-state index is 12.9. The molecule has 0 aromatic heterocycles. The number of anilines is 1. The molecule has 2 amide bonds. The highest BCUT2D eigenvalue weighted by atomic mass is 16.5. The van der Waals surface area contributed by atoms with Gasteiger partial charge in [0.05, 0.1) is 13.2 Å². The third-order valence-electron chi connectivity index (χ3n) is 6.05. The van der Waals surface area contributed by atoms with E-state index in [1.54, 1.807) is 13.2 Å². The molecule has 2 N–H and O–H groups in total. The van der Waals surface area contributed by atoms with Crippen LogP contribution in [-0.2, 0) is 11.2 Å². The normalized spacial score (nSPS) is 17.6. The summed E-state index contributed by atoms with van der Waals surface area (Å²) in [5, 5.41) is 6.00. The molecule has 2 aromatic carbocycles. The molecule has 0 unspecified atom stereocenters. The fourth-order valence-corrected chi connectivity index (χ4v) is 4.33. The van der Waals surface area contributed by atoms with Gasteiger partial charge in [0.2, 0.25) is 5.91 Å². The van der Waals surface area contributed by atoms with E-state index in [0.717, 1.165) is 30.1 Å². The minimum atomic E-state index is -0.0785. The van der Waals surface area contributed by atoms with Crippen LogP contribution in [0.5, 0.6) is 5.75 Å². The Bertz CT molecular complexity index is 904. The molecule has 4 rings (SSSR count). The van der Waals surface area contributed by atoms with E-state index in [-0.39, 0.29) is 17.9 Å². The van der Waals surface area contributed by atoms with Crippen LogP contribution in [0.4, 0.5) is 5.69 Å². The van der Waals surface area contributed by atoms with Gasteiger partial charge in [-0.1, -0.05) is 18.6 Å². The first-order chi connectivity index (χ1) is 14.6. The highest BCUT2D eigenvalue weighted by Gasteiger charge is 2.24. The predicted molar refractivity (Wildman–Crippen MR) is 117 cm³/mol. The summed E-state index contributed by atoms with van der Waals surface area (Å²) < 4.78 is 5.29. The molecule has 2 aliphatic rings. The Labute approximate surface area is 177 Å². The molecule has 0 bridgehead atoms. The van der Waals surface area contributed by atoms with E-state index in [2.05, 4.69) is 27.7 Å². The molecule has 1 saturated heterocycles. The molecule has 6 heteroatoms. The second-order valence-corrected chi connectivity index (χ2v) is 8.02. The number of likely N-dealkylation sites (tertiary alicyclic amines) is 1. The molecule has 158 valence electrons. The molecule has 2 aromatic rings. The Balaban J connectivity index is 1.47. The highest BCUT2D eigenvalue weighted by molar-refractivity contribution is 5.97. The average molecular weight is 408 g/mol. The Morgan fingerprint density at radius 3 is 2.60 bits per heavy atom. The number of carbonyl (C=O) groups excluding carboxylic acids is 2. The van der Waals surface area contributed by atoms with Crippen LogP contribution in [0.2, 0.25) is 0 Å². The van der Waals surface area contributed by atoms with E-state index >= 15 is 0 Å². The number of benzene rings is 2. The smallest absolute Gasteiger partial charge is 0.251 e. The van der Waals surface area contributed by atoms with Crippen LogP contribution in [0.15, 0.2) is 42.5 Å². The van der Waals surface area contributed by atoms with Crippen LogP contribution in [0.3, 0.4) is 0 Å². The largest absolute Gasteiger partial charge is 0.497 e. The second kappa shape index (κ2) is 9.30. The van der Waals surface area contributed by atoms with E-state index < -0.39 is 0 Å². The first kappa shape index (κ1) is 20.4. The van der Waals surface area contributed by atoms with Gasteiger partial charge in [0.15, 0.2) is 0 Å². The first-order valence-electron chi connectivity index (χ1n) is 10.7. The van der Waals surface area contributed by atoms with Gasteiger partial charge in [0.1, 0.15) is 5.75 Å². The summed E-state index contributed by atoms with van der Waals surface area (Å²) in [7, 11) is 1.67. The number of methoxy groups -OCH3 is 1. The van der Waals surface area contributed by atoms with E-state index in [1.165, 1.54) is 24.8 Å². The van der Waals surface area contributed by atoms with Gasteiger partial charge in [0, 0.05) is 24.2 Å². The minimum Gasteiger partial charge on any atom is -0.497 e. The third kappa shape index (κ3) is 4.65. The van der Waals surface area contributed by atoms with Crippen molar-refractivity contribution in [3.63, 3.8) is 0 Å². The number of nitrogens with one attached hydrogen (secondary N) is 2. The monoisotopic (exact) mass is 407 g/mol. The summed E-state index contributed by atoms with van der Waals surface area (Å²) in [4.78, 5) is 26.9. The molecule has 0 radical (unpaired) electrons. The highest BCUT2D eigenvalue weighted by Crippen LogP contribution is 2.27. The van der Waals surface area contributed by atoms with Crippen molar-refractivity contribution in [2.75, 3.05) is 32.1 Å². The molecule has 2 aliphatic heterocycles. The van der Waals surface area contributed by atoms with Crippen LogP contribution >= 0.6 is 0 Å². The zero-order valence-electron chi connectivity index (χ0n) is 17.4. The Kier molecular flexibility index (Phi) is 6.33. The van der Waals surface area contributed by atoms with Crippen molar-refractivity contribution in [3.05, 3.63) is 59.2 Å². The van der Waals surface area contributed by atoms with Crippen molar-refractivity contribution in [2.45, 2.75) is 38.1 Å². The number of amides is 2. The van der Waals surface area contributed by atoms with Crippen molar-refractivity contribution >= 4 is 17.5 Å². The van der Waals surface area contributed by atoms with Crippen molar-refractivity contribution in [1.82, 2.24) is 10.2 Å². The minimum absolute atomic E-state index is 0.0311. The van der Waals surface area contributed by atoms with Crippen molar-refractivity contribution in [3.8, 4) is 5.75 Å². The predicted octanol–water partition coefficient (Wildman–Crippen LogP) is 3.54. The number of hydrogen-bond acceptors (Lipinski definition) is 4. The number of ether oxygens (including phenoxy) is 1. The fourth-order valence-electron chi connectivity index (χ4n) is 4.33. The fraction of sp³-hybridized carbons (Fsp3) is 0.417. The molecule has 1 atom stereocenters. The number of hydrogen-bond donors (Lipinski definition) is 2. The summed E-state index contributed by atoms with van der Waals surface area (Å²) >= 11 is 0. The maximum Gasteiger partial charge on any atom is 0.251 e. The standard InChI is InChI=1S/C24H29N3O3/c1-30-20-9-5-17(6-10-20)22(27-13-3-2-4-14-27)16-25-24(29)19-7-11-21-18(15-19)8-12-23(28)26-21/h5-7,9-11,15,22H,2-4,8,12-14,16H2,1H3,(H,25,29)(H,26,28)/t22-/m1/s1. The molecular weight excluding hydrogens is 378 g/mol. The lowest BCUT2D eigenvalue weighted by molar-refractivity contribution is -0.116. The Morgan fingerprint density at radius 2 is 1.87 bits per heavy atom. The van der Waals surface area contributed by atoms with Crippen LogP contribution in [0.25, 0.3) is 0 Å². The van der Waals surface area contributed by atoms with Gasteiger partial charge in [-0.15, -0.1) is 0 Å². The van der Waals surface area contributed by atoms with Crippen LogP contribution < -0.4 is 15.4 Å². The summed E-state index contributed by atoms with van der Waals surface area (Å²) in [6, 6.07) is 13.8. The van der Waals surface area contributed by atoms with E-state index in [1.807, 2.05) is 24.3 Å². The van der Waals surface area contributed by atoms with Gasteiger partial charge < -0.3 is 15.4 Å². The quantitative estimate of drug-likeness (QED) is 0.769. The van der Waals surface area contributed by atoms with Crippen LogP contribution in [0, 0.1) is 0 Å². The number of aryl methyl sites for hydroxylation is 1. The van der Waals surface area contributed by atoms with Crippen molar-refractivity contribution in [2.24, 2.45) is 0 Å². The summed E-state index contributed by atoms with van der Waals surface area (Å²) in [6.45, 7) is 2.65. The number of rotatable bonds is 6. The first-order valence-corrected chi connectivity index (χ1v) is 10.7. The maximum atomic E-state index is 12.9. The molecule has 0 saturated carbocycles. The zero-order valence-corrected chi connectivity index (χ0v) is 17.4. The SMILES string of the molecule is COc1ccc([C@@H](CNC(=O)c2ccc3c(c2)CCC(=O)N3)N2CCCCC2)cc1. The van der Waals surface area contributed by atoms with Gasteiger partial charge in [-0.3, -0.25) is 14.5 Å². The van der Waals surface area contributed by atoms with Crippen LogP contribution in [-0.4, -0.2) is 43.5 Å². The Morgan fingerprint density at radius 1 is 1.10 bits per heavy atom. The lowest BCUT2D eigenvalue weighted by atomic mass is 9.99. The molecule has 2 heterocycles. The average Bonchev–Trinajstić information content (AvgIpc) is 2.80. The van der Waals surface area contributed by atoms with Crippen molar-refractivity contribution in [1.29, 1.82) is 0 Å². The summed E-state index contributed by atoms with van der Waals surface area (Å²) in [5.41, 5.74) is 3.65. The van der Waals surface area contributed by atoms with Crippen LogP contribution in [0.1, 0.15) is 53.2 Å². The lowest BCUT2D eigenvalue weighted by Crippen LogP contribution is -2.40. The number of carbonyl (C=O) groups is 2. The molecule has 6 nitrogen and oxygen atoms in total. The second-order valence-electron chi connectivity index (χ2n) is 8.02. The van der Waals surface area contributed by atoms with Gasteiger partial charge in [0.25, 0.3) is 5.91 Å². The topological polar surface area (TPSA) is 70.7 Å². The molecule has 0 spiro atoms. The summed E-state index contributed by atoms with van der Waals surface area (Å²) in [6.07, 6.45) is 4.79. The van der Waals surface area contributed by atoms with E-state index in [4.69, 9.17) is 4.74 Å².